The predicted molar refractivity (Wildman–Crippen MR) is 65.5 cm³/mol. The van der Waals surface area contributed by atoms with Crippen LogP contribution in [0.3, 0.4) is 0 Å². The van der Waals surface area contributed by atoms with Gasteiger partial charge in [0, 0.05) is 19.0 Å². The monoisotopic (exact) mass is 247 g/mol. The molecule has 0 aromatic heterocycles. The zero-order valence-corrected chi connectivity index (χ0v) is 10.5. The van der Waals surface area contributed by atoms with Gasteiger partial charge < -0.3 is 4.90 Å². The molecule has 1 atom stereocenters. The van der Waals surface area contributed by atoms with Crippen molar-refractivity contribution in [3.63, 3.8) is 0 Å². The van der Waals surface area contributed by atoms with E-state index in [4.69, 9.17) is 11.6 Å². The molecule has 0 radical (unpaired) electrons. The summed E-state index contributed by atoms with van der Waals surface area (Å²) < 4.78 is 0. The zero-order chi connectivity index (χ0) is 10.7. The second-order valence-corrected chi connectivity index (χ2v) is 6.04. The molecular formula is C11H18ClNOS. The van der Waals surface area contributed by atoms with E-state index in [2.05, 4.69) is 0 Å². The molecule has 0 bridgehead atoms. The highest BCUT2D eigenvalue weighted by molar-refractivity contribution is 8.00. The number of amides is 1. The lowest BCUT2D eigenvalue weighted by atomic mass is 9.98. The van der Waals surface area contributed by atoms with E-state index in [-0.39, 0.29) is 5.25 Å². The lowest BCUT2D eigenvalue weighted by Gasteiger charge is -2.32. The normalized spacial score (nSPS) is 28.3. The lowest BCUT2D eigenvalue weighted by molar-refractivity contribution is -0.131. The molecule has 0 N–H and O–H groups in total. The number of nitrogens with zero attached hydrogens (tertiary/aromatic N) is 1. The highest BCUT2D eigenvalue weighted by Gasteiger charge is 2.30. The fraction of sp³-hybridized carbons (Fsp3) is 0.909. The van der Waals surface area contributed by atoms with E-state index >= 15 is 0 Å². The van der Waals surface area contributed by atoms with E-state index in [1.807, 2.05) is 16.7 Å². The summed E-state index contributed by atoms with van der Waals surface area (Å²) in [6, 6.07) is 0. The molecule has 0 spiro atoms. The number of halogens is 1. The number of alkyl halides is 1. The zero-order valence-electron chi connectivity index (χ0n) is 8.95. The number of rotatable bonds is 2. The van der Waals surface area contributed by atoms with Crippen molar-refractivity contribution in [2.24, 2.45) is 5.92 Å². The Morgan fingerprint density at radius 3 is 2.60 bits per heavy atom. The van der Waals surface area contributed by atoms with Gasteiger partial charge in [0.25, 0.3) is 0 Å². The molecule has 0 aromatic carbocycles. The van der Waals surface area contributed by atoms with Crippen LogP contribution in [0.4, 0.5) is 0 Å². The minimum absolute atomic E-state index is 0.262. The van der Waals surface area contributed by atoms with E-state index in [0.29, 0.717) is 11.8 Å². The van der Waals surface area contributed by atoms with Crippen molar-refractivity contribution in [3.05, 3.63) is 0 Å². The minimum Gasteiger partial charge on any atom is -0.342 e. The Bertz CT molecular complexity index is 223. The maximum Gasteiger partial charge on any atom is 0.235 e. The second kappa shape index (κ2) is 5.44. The van der Waals surface area contributed by atoms with Crippen LogP contribution in [0, 0.1) is 5.92 Å². The van der Waals surface area contributed by atoms with Gasteiger partial charge in [0.15, 0.2) is 0 Å². The van der Waals surface area contributed by atoms with Crippen molar-refractivity contribution in [1.82, 2.24) is 4.90 Å². The van der Waals surface area contributed by atoms with E-state index in [1.54, 1.807) is 0 Å². The van der Waals surface area contributed by atoms with Gasteiger partial charge >= 0.3 is 0 Å². The Balaban J connectivity index is 1.81. The Labute approximate surface area is 101 Å². The molecule has 0 saturated carbocycles. The number of carbonyl (C=O) groups excluding carboxylic acids is 1. The molecule has 2 heterocycles. The van der Waals surface area contributed by atoms with Crippen LogP contribution in [-0.2, 0) is 4.79 Å². The fourth-order valence-corrected chi connectivity index (χ4v) is 3.84. The van der Waals surface area contributed by atoms with Crippen LogP contribution in [-0.4, -0.2) is 40.8 Å². The molecule has 1 amide bonds. The second-order valence-electron chi connectivity index (χ2n) is 4.42. The smallest absolute Gasteiger partial charge is 0.235 e. The van der Waals surface area contributed by atoms with Crippen molar-refractivity contribution in [2.75, 3.05) is 24.7 Å². The standard InChI is InChI=1S/C11H18ClNOS/c12-8-9-3-5-13(6-4-9)11(14)10-2-1-7-15-10/h9-10H,1-8H2. The van der Waals surface area contributed by atoms with E-state index in [1.165, 1.54) is 6.42 Å². The van der Waals surface area contributed by atoms with Crippen LogP contribution in [0.5, 0.6) is 0 Å². The Kier molecular flexibility index (Phi) is 4.21. The summed E-state index contributed by atoms with van der Waals surface area (Å²) in [7, 11) is 0. The van der Waals surface area contributed by atoms with Gasteiger partial charge in [-0.25, -0.2) is 0 Å². The van der Waals surface area contributed by atoms with Crippen LogP contribution in [0.1, 0.15) is 25.7 Å². The molecule has 1 unspecified atom stereocenters. The Morgan fingerprint density at radius 2 is 2.07 bits per heavy atom. The van der Waals surface area contributed by atoms with E-state index in [9.17, 15) is 4.79 Å². The van der Waals surface area contributed by atoms with E-state index in [0.717, 1.165) is 44.0 Å². The number of likely N-dealkylation sites (tertiary alicyclic amines) is 1. The molecule has 2 rings (SSSR count). The summed E-state index contributed by atoms with van der Waals surface area (Å²) in [5.41, 5.74) is 0. The number of thioether (sulfide) groups is 1. The summed E-state index contributed by atoms with van der Waals surface area (Å²) in [4.78, 5) is 14.1. The number of piperidine rings is 1. The van der Waals surface area contributed by atoms with E-state index < -0.39 is 0 Å². The molecule has 2 aliphatic rings. The first-order valence-electron chi connectivity index (χ1n) is 5.77. The third-order valence-corrected chi connectivity index (χ3v) is 5.15. The van der Waals surface area contributed by atoms with Crippen LogP contribution in [0.2, 0.25) is 0 Å². The SMILES string of the molecule is O=C(C1CCCS1)N1CCC(CCl)CC1. The number of carbonyl (C=O) groups is 1. The quantitative estimate of drug-likeness (QED) is 0.699. The van der Waals surface area contributed by atoms with Crippen LogP contribution < -0.4 is 0 Å². The fourth-order valence-electron chi connectivity index (χ4n) is 2.28. The summed E-state index contributed by atoms with van der Waals surface area (Å²) in [6.07, 6.45) is 4.47. The maximum atomic E-state index is 12.1. The number of hydrogen-bond acceptors (Lipinski definition) is 2. The van der Waals surface area contributed by atoms with Crippen LogP contribution >= 0.6 is 23.4 Å². The first kappa shape index (κ1) is 11.6. The molecule has 2 saturated heterocycles. The Morgan fingerprint density at radius 1 is 1.33 bits per heavy atom. The molecule has 4 heteroatoms. The predicted octanol–water partition coefficient (Wildman–Crippen LogP) is 2.36. The first-order valence-corrected chi connectivity index (χ1v) is 7.36. The van der Waals surface area contributed by atoms with Gasteiger partial charge in [-0.15, -0.1) is 23.4 Å². The summed E-state index contributed by atoms with van der Waals surface area (Å²) in [5.74, 6) is 2.92. The topological polar surface area (TPSA) is 20.3 Å². The van der Waals surface area contributed by atoms with Crippen molar-refractivity contribution in [3.8, 4) is 0 Å². The Hall–Kier alpha value is 0.110. The molecule has 2 nitrogen and oxygen atoms in total. The van der Waals surface area contributed by atoms with Gasteiger partial charge in [0.1, 0.15) is 0 Å². The molecule has 0 aliphatic carbocycles. The molecule has 2 aliphatic heterocycles. The average Bonchev–Trinajstić information content (AvgIpc) is 2.82. The maximum absolute atomic E-state index is 12.1. The molecule has 2 fully saturated rings. The van der Waals surface area contributed by atoms with Crippen LogP contribution in [0.25, 0.3) is 0 Å². The van der Waals surface area contributed by atoms with Gasteiger partial charge in [-0.05, 0) is 37.4 Å². The van der Waals surface area contributed by atoms with Crippen molar-refractivity contribution >= 4 is 29.3 Å². The largest absolute Gasteiger partial charge is 0.342 e. The van der Waals surface area contributed by atoms with Gasteiger partial charge in [0.2, 0.25) is 5.91 Å². The first-order chi connectivity index (χ1) is 7.31. The van der Waals surface area contributed by atoms with Crippen LogP contribution in [0.15, 0.2) is 0 Å². The molecule has 15 heavy (non-hydrogen) atoms. The van der Waals surface area contributed by atoms with Crippen molar-refractivity contribution in [2.45, 2.75) is 30.9 Å². The molecular weight excluding hydrogens is 230 g/mol. The third-order valence-electron chi connectivity index (χ3n) is 3.35. The summed E-state index contributed by atoms with van der Waals surface area (Å²) in [5, 5.41) is 0.262. The lowest BCUT2D eigenvalue weighted by Crippen LogP contribution is -2.42. The minimum atomic E-state index is 0.262. The van der Waals surface area contributed by atoms with Crippen molar-refractivity contribution in [1.29, 1.82) is 0 Å². The highest BCUT2D eigenvalue weighted by atomic mass is 35.5. The van der Waals surface area contributed by atoms with Gasteiger partial charge in [-0.3, -0.25) is 4.79 Å². The van der Waals surface area contributed by atoms with Gasteiger partial charge in [0.05, 0.1) is 5.25 Å². The molecule has 86 valence electrons. The number of hydrogen-bond donors (Lipinski definition) is 0. The summed E-state index contributed by atoms with van der Waals surface area (Å²) in [6.45, 7) is 1.85. The highest BCUT2D eigenvalue weighted by Crippen LogP contribution is 2.29. The van der Waals surface area contributed by atoms with Gasteiger partial charge in [-0.1, -0.05) is 0 Å². The third kappa shape index (κ3) is 2.82. The average molecular weight is 248 g/mol. The van der Waals surface area contributed by atoms with Gasteiger partial charge in [-0.2, -0.15) is 0 Å². The van der Waals surface area contributed by atoms with Crippen molar-refractivity contribution < 1.29 is 4.79 Å². The molecule has 0 aromatic rings. The summed E-state index contributed by atoms with van der Waals surface area (Å²) >= 11 is 7.66.